The van der Waals surface area contributed by atoms with Gasteiger partial charge in [-0.05, 0) is 40.8 Å². The maximum Gasteiger partial charge on any atom is 0.300 e. The molecule has 0 aliphatic rings. The second kappa shape index (κ2) is 6.98. The Kier molecular flexibility index (Phi) is 5.04. The number of nitrogens with zero attached hydrogens (tertiary/aromatic N) is 3. The van der Waals surface area contributed by atoms with Crippen LogP contribution in [-0.4, -0.2) is 27.0 Å². The van der Waals surface area contributed by atoms with Gasteiger partial charge in [-0.15, -0.1) is 0 Å². The molecule has 1 N–H and O–H groups in total. The maximum atomic E-state index is 10.8. The van der Waals surface area contributed by atoms with Crippen LogP contribution in [0.3, 0.4) is 0 Å². The number of anilines is 1. The number of carbonyl (C=O) groups excluding carboxylic acids is 1. The first kappa shape index (κ1) is 15.2. The number of rotatable bonds is 8. The van der Waals surface area contributed by atoms with Crippen molar-refractivity contribution in [3.05, 3.63) is 22.2 Å². The number of carbonyl (C=O) groups is 1. The molecule has 112 valence electrons. The van der Waals surface area contributed by atoms with Gasteiger partial charge in [-0.25, -0.2) is 4.63 Å². The normalized spacial score (nSPS) is 10.7. The Morgan fingerprint density at radius 2 is 2.05 bits per heavy atom. The molecule has 0 aliphatic carbocycles. The number of hydrogen-bond acceptors (Lipinski definition) is 7. The monoisotopic (exact) mass is 312 g/mol. The Morgan fingerprint density at radius 3 is 2.76 bits per heavy atom. The van der Waals surface area contributed by atoms with Gasteiger partial charge >= 0.3 is 5.69 Å². The summed E-state index contributed by atoms with van der Waals surface area (Å²) in [5, 5.41) is 20.9. The lowest BCUT2D eigenvalue weighted by Crippen LogP contribution is -2.03. The predicted octanol–water partition coefficient (Wildman–Crippen LogP) is 2.87. The van der Waals surface area contributed by atoms with Gasteiger partial charge in [0.05, 0.1) is 10.6 Å². The molecule has 0 atom stereocenters. The third-order valence-corrected chi connectivity index (χ3v) is 3.15. The summed E-state index contributed by atoms with van der Waals surface area (Å²) in [6.45, 7) is 0.649. The summed E-state index contributed by atoms with van der Waals surface area (Å²) in [6.07, 6.45) is 2.81. The number of nitrogens with one attached hydrogen (secondary N) is 1. The van der Waals surface area contributed by atoms with E-state index in [1.165, 1.54) is 6.07 Å². The molecule has 1 heterocycles. The molecule has 2 aromatic rings. The summed E-state index contributed by atoms with van der Waals surface area (Å²) >= 11 is 5.24. The topological polar surface area (TPSA) is 111 Å². The number of hydrogen-bond donors (Lipinski definition) is 1. The van der Waals surface area contributed by atoms with E-state index in [0.717, 1.165) is 19.3 Å². The minimum Gasteiger partial charge on any atom is -0.383 e. The maximum absolute atomic E-state index is 10.8. The van der Waals surface area contributed by atoms with Crippen molar-refractivity contribution < 1.29 is 14.3 Å². The average Bonchev–Trinajstić information content (AvgIpc) is 2.91. The second-order valence-corrected chi connectivity index (χ2v) is 4.86. The SMILES string of the molecule is O=C(Cl)CCCCCNc1ccc([N+](=O)[O-])c2nonc12. The van der Waals surface area contributed by atoms with Crippen molar-refractivity contribution in [3.8, 4) is 0 Å². The molecule has 0 saturated heterocycles. The highest BCUT2D eigenvalue weighted by atomic mass is 35.5. The van der Waals surface area contributed by atoms with Crippen molar-refractivity contribution in [2.24, 2.45) is 0 Å². The molecule has 21 heavy (non-hydrogen) atoms. The molecule has 1 aromatic carbocycles. The van der Waals surface area contributed by atoms with Crippen LogP contribution in [0.4, 0.5) is 11.4 Å². The van der Waals surface area contributed by atoms with Gasteiger partial charge in [0, 0.05) is 19.0 Å². The molecule has 0 radical (unpaired) electrons. The summed E-state index contributed by atoms with van der Waals surface area (Å²) in [6, 6.07) is 2.94. The zero-order valence-electron chi connectivity index (χ0n) is 11.0. The number of nitro benzene ring substituents is 1. The zero-order valence-corrected chi connectivity index (χ0v) is 11.8. The quantitative estimate of drug-likeness (QED) is 0.345. The van der Waals surface area contributed by atoms with Crippen molar-refractivity contribution in [3.63, 3.8) is 0 Å². The number of unbranched alkanes of at least 4 members (excludes halogenated alkanes) is 2. The number of fused-ring (bicyclic) bond motifs is 1. The molecule has 9 heteroatoms. The van der Waals surface area contributed by atoms with Crippen LogP contribution < -0.4 is 5.32 Å². The van der Waals surface area contributed by atoms with E-state index in [1.807, 2.05) is 0 Å². The van der Waals surface area contributed by atoms with Crippen molar-refractivity contribution >= 4 is 39.3 Å². The highest BCUT2D eigenvalue weighted by Crippen LogP contribution is 2.28. The largest absolute Gasteiger partial charge is 0.383 e. The summed E-state index contributed by atoms with van der Waals surface area (Å²) in [4.78, 5) is 20.9. The van der Waals surface area contributed by atoms with Crippen molar-refractivity contribution in [1.82, 2.24) is 10.3 Å². The third kappa shape index (κ3) is 3.88. The fraction of sp³-hybridized carbons (Fsp3) is 0.417. The number of halogens is 1. The molecule has 0 bridgehead atoms. The summed E-state index contributed by atoms with van der Waals surface area (Å²) in [5.74, 6) is 0. The van der Waals surface area contributed by atoms with Crippen LogP contribution in [0.2, 0.25) is 0 Å². The van der Waals surface area contributed by atoms with E-state index in [9.17, 15) is 14.9 Å². The zero-order chi connectivity index (χ0) is 15.2. The molecule has 0 saturated carbocycles. The molecule has 0 unspecified atom stereocenters. The lowest BCUT2D eigenvalue weighted by Gasteiger charge is -2.05. The van der Waals surface area contributed by atoms with E-state index in [2.05, 4.69) is 20.3 Å². The molecule has 0 fully saturated rings. The van der Waals surface area contributed by atoms with E-state index >= 15 is 0 Å². The fourth-order valence-electron chi connectivity index (χ4n) is 1.93. The number of nitro groups is 1. The first-order valence-electron chi connectivity index (χ1n) is 6.41. The molecule has 1 aromatic heterocycles. The van der Waals surface area contributed by atoms with Gasteiger partial charge < -0.3 is 5.32 Å². The first-order chi connectivity index (χ1) is 10.1. The van der Waals surface area contributed by atoms with Crippen LogP contribution in [0.15, 0.2) is 16.8 Å². The molecular weight excluding hydrogens is 300 g/mol. The van der Waals surface area contributed by atoms with Crippen LogP contribution in [0.5, 0.6) is 0 Å². The Labute approximate surface area is 124 Å². The Bertz CT molecular complexity index is 658. The van der Waals surface area contributed by atoms with E-state index < -0.39 is 4.92 Å². The second-order valence-electron chi connectivity index (χ2n) is 4.44. The summed E-state index contributed by atoms with van der Waals surface area (Å²) in [5.41, 5.74) is 0.945. The standard InChI is InChI=1S/C12H13ClN4O4/c13-10(18)4-2-1-3-7-14-8-5-6-9(17(19)20)12-11(8)15-21-16-12/h5-6,14H,1-4,7H2. The van der Waals surface area contributed by atoms with Crippen LogP contribution in [0.25, 0.3) is 11.0 Å². The van der Waals surface area contributed by atoms with Gasteiger partial charge in [-0.2, -0.15) is 0 Å². The van der Waals surface area contributed by atoms with E-state index in [1.54, 1.807) is 6.07 Å². The fourth-order valence-corrected chi connectivity index (χ4v) is 2.07. The Morgan fingerprint density at radius 1 is 1.29 bits per heavy atom. The van der Waals surface area contributed by atoms with Gasteiger partial charge in [0.25, 0.3) is 0 Å². The van der Waals surface area contributed by atoms with E-state index in [0.29, 0.717) is 24.2 Å². The van der Waals surface area contributed by atoms with Gasteiger partial charge in [0.15, 0.2) is 5.52 Å². The average molecular weight is 313 g/mol. The molecule has 8 nitrogen and oxygen atoms in total. The lowest BCUT2D eigenvalue weighted by atomic mass is 10.2. The van der Waals surface area contributed by atoms with Crippen molar-refractivity contribution in [2.75, 3.05) is 11.9 Å². The molecule has 0 aliphatic heterocycles. The van der Waals surface area contributed by atoms with Crippen LogP contribution in [0, 0.1) is 10.1 Å². The van der Waals surface area contributed by atoms with Gasteiger partial charge in [-0.1, -0.05) is 6.42 Å². The highest BCUT2D eigenvalue weighted by molar-refractivity contribution is 6.63. The first-order valence-corrected chi connectivity index (χ1v) is 6.79. The number of benzene rings is 1. The lowest BCUT2D eigenvalue weighted by molar-refractivity contribution is -0.383. The van der Waals surface area contributed by atoms with Crippen molar-refractivity contribution in [2.45, 2.75) is 25.7 Å². The molecule has 0 amide bonds. The molecule has 2 rings (SSSR count). The van der Waals surface area contributed by atoms with Crippen LogP contribution >= 0.6 is 11.6 Å². The molecule has 0 spiro atoms. The third-order valence-electron chi connectivity index (χ3n) is 2.96. The minimum absolute atomic E-state index is 0.123. The minimum atomic E-state index is -0.528. The van der Waals surface area contributed by atoms with E-state index in [4.69, 9.17) is 11.6 Å². The summed E-state index contributed by atoms with van der Waals surface area (Å²) in [7, 11) is 0. The van der Waals surface area contributed by atoms with Crippen LogP contribution in [0.1, 0.15) is 25.7 Å². The summed E-state index contributed by atoms with van der Waals surface area (Å²) < 4.78 is 4.57. The van der Waals surface area contributed by atoms with Gasteiger partial charge in [0.1, 0.15) is 0 Å². The Hall–Kier alpha value is -2.22. The van der Waals surface area contributed by atoms with Gasteiger partial charge in [-0.3, -0.25) is 14.9 Å². The smallest absolute Gasteiger partial charge is 0.300 e. The van der Waals surface area contributed by atoms with Gasteiger partial charge in [0.2, 0.25) is 10.8 Å². The number of aromatic nitrogens is 2. The van der Waals surface area contributed by atoms with E-state index in [-0.39, 0.29) is 16.4 Å². The van der Waals surface area contributed by atoms with Crippen LogP contribution in [-0.2, 0) is 4.79 Å². The molecular formula is C12H13ClN4O4. The van der Waals surface area contributed by atoms with Crippen molar-refractivity contribution in [1.29, 1.82) is 0 Å². The Balaban J connectivity index is 1.94. The number of non-ortho nitro benzene ring substituents is 1. The predicted molar refractivity (Wildman–Crippen MR) is 76.3 cm³/mol. The highest BCUT2D eigenvalue weighted by Gasteiger charge is 2.19.